The Morgan fingerprint density at radius 2 is 2.28 bits per heavy atom. The van der Waals surface area contributed by atoms with E-state index in [4.69, 9.17) is 0 Å². The number of anilines is 1. The van der Waals surface area contributed by atoms with E-state index in [-0.39, 0.29) is 5.91 Å². The van der Waals surface area contributed by atoms with Crippen molar-refractivity contribution in [2.75, 3.05) is 25.5 Å². The van der Waals surface area contributed by atoms with Crippen LogP contribution in [0.1, 0.15) is 30.6 Å². The Bertz CT molecular complexity index is 416. The van der Waals surface area contributed by atoms with Gasteiger partial charge in [-0.2, -0.15) is 0 Å². The summed E-state index contributed by atoms with van der Waals surface area (Å²) in [7, 11) is 1.87. The molecule has 0 aliphatic heterocycles. The second kappa shape index (κ2) is 5.38. The van der Waals surface area contributed by atoms with Crippen LogP contribution >= 0.6 is 0 Å². The van der Waals surface area contributed by atoms with E-state index < -0.39 is 0 Å². The molecule has 1 heterocycles. The Balaban J connectivity index is 1.94. The Kier molecular flexibility index (Phi) is 3.84. The van der Waals surface area contributed by atoms with E-state index in [0.717, 1.165) is 24.8 Å². The number of carbonyl (C=O) groups excluding carboxylic acids is 1. The molecule has 1 aliphatic carbocycles. The summed E-state index contributed by atoms with van der Waals surface area (Å²) in [6, 6.07) is 3.68. The predicted molar refractivity (Wildman–Crippen MR) is 72.6 cm³/mol. The highest BCUT2D eigenvalue weighted by Gasteiger charge is 2.34. The van der Waals surface area contributed by atoms with Crippen molar-refractivity contribution in [1.82, 2.24) is 9.88 Å². The maximum Gasteiger partial charge on any atom is 0.255 e. The molecule has 0 bridgehead atoms. The maximum atomic E-state index is 12.1. The van der Waals surface area contributed by atoms with Gasteiger partial charge in [-0.15, -0.1) is 0 Å². The number of hydrogen-bond donors (Lipinski definition) is 1. The fraction of sp³-hybridized carbons (Fsp3) is 0.571. The smallest absolute Gasteiger partial charge is 0.255 e. The van der Waals surface area contributed by atoms with Gasteiger partial charge in [-0.3, -0.25) is 4.79 Å². The van der Waals surface area contributed by atoms with E-state index in [1.165, 1.54) is 6.42 Å². The van der Waals surface area contributed by atoms with Crippen molar-refractivity contribution in [3.63, 3.8) is 0 Å². The zero-order chi connectivity index (χ0) is 13.1. The lowest BCUT2D eigenvalue weighted by Crippen LogP contribution is -2.29. The molecule has 98 valence electrons. The summed E-state index contributed by atoms with van der Waals surface area (Å²) in [6.07, 6.45) is 2.89. The molecule has 4 nitrogen and oxygen atoms in total. The first kappa shape index (κ1) is 12.9. The fourth-order valence-corrected chi connectivity index (χ4v) is 2.11. The Morgan fingerprint density at radius 1 is 1.56 bits per heavy atom. The van der Waals surface area contributed by atoms with Crippen molar-refractivity contribution in [2.45, 2.75) is 20.3 Å². The normalized spacial score (nSPS) is 21.5. The highest BCUT2D eigenvalue weighted by atomic mass is 16.2. The van der Waals surface area contributed by atoms with E-state index >= 15 is 0 Å². The van der Waals surface area contributed by atoms with Crippen LogP contribution < -0.4 is 5.32 Å². The summed E-state index contributed by atoms with van der Waals surface area (Å²) in [5.41, 5.74) is 0.660. The van der Waals surface area contributed by atoms with Gasteiger partial charge < -0.3 is 10.2 Å². The molecule has 2 rings (SSSR count). The van der Waals surface area contributed by atoms with Crippen molar-refractivity contribution in [1.29, 1.82) is 0 Å². The molecule has 18 heavy (non-hydrogen) atoms. The Labute approximate surface area is 108 Å². The van der Waals surface area contributed by atoms with Gasteiger partial charge in [0.25, 0.3) is 5.91 Å². The zero-order valence-corrected chi connectivity index (χ0v) is 11.3. The van der Waals surface area contributed by atoms with Gasteiger partial charge >= 0.3 is 0 Å². The zero-order valence-electron chi connectivity index (χ0n) is 11.3. The van der Waals surface area contributed by atoms with Crippen LogP contribution in [0.5, 0.6) is 0 Å². The SMILES string of the molecule is CCNc1ccc(C(=O)N(C)CC2CC2C)cn1. The molecule has 1 aromatic heterocycles. The summed E-state index contributed by atoms with van der Waals surface area (Å²) in [5, 5.41) is 3.11. The average Bonchev–Trinajstić information content (AvgIpc) is 3.05. The second-order valence-corrected chi connectivity index (χ2v) is 5.12. The molecule has 1 saturated carbocycles. The first-order valence-corrected chi connectivity index (χ1v) is 6.57. The predicted octanol–water partition coefficient (Wildman–Crippen LogP) is 2.24. The lowest BCUT2D eigenvalue weighted by Gasteiger charge is -2.17. The Hall–Kier alpha value is -1.58. The molecule has 2 atom stereocenters. The van der Waals surface area contributed by atoms with E-state index in [1.54, 1.807) is 11.1 Å². The van der Waals surface area contributed by atoms with Crippen LogP contribution in [0.4, 0.5) is 5.82 Å². The lowest BCUT2D eigenvalue weighted by atomic mass is 10.2. The van der Waals surface area contributed by atoms with Gasteiger partial charge in [-0.05, 0) is 37.3 Å². The van der Waals surface area contributed by atoms with Gasteiger partial charge in [0.05, 0.1) is 5.56 Å². The molecule has 1 aromatic rings. The molecule has 1 N–H and O–H groups in total. The van der Waals surface area contributed by atoms with Gasteiger partial charge in [0.2, 0.25) is 0 Å². The summed E-state index contributed by atoms with van der Waals surface area (Å²) < 4.78 is 0. The molecule has 4 heteroatoms. The van der Waals surface area contributed by atoms with E-state index in [0.29, 0.717) is 11.5 Å². The fourth-order valence-electron chi connectivity index (χ4n) is 2.11. The van der Waals surface area contributed by atoms with Crippen molar-refractivity contribution in [3.8, 4) is 0 Å². The first-order chi connectivity index (χ1) is 8.61. The molecule has 0 saturated heterocycles. The highest BCUT2D eigenvalue weighted by Crippen LogP contribution is 2.38. The van der Waals surface area contributed by atoms with Gasteiger partial charge in [-0.1, -0.05) is 6.92 Å². The summed E-state index contributed by atoms with van der Waals surface area (Å²) in [4.78, 5) is 18.2. The molecule has 2 unspecified atom stereocenters. The van der Waals surface area contributed by atoms with E-state index in [1.807, 2.05) is 26.1 Å². The van der Waals surface area contributed by atoms with Crippen LogP contribution in [0.15, 0.2) is 18.3 Å². The molecule has 0 aromatic carbocycles. The minimum atomic E-state index is 0.0599. The average molecular weight is 247 g/mol. The summed E-state index contributed by atoms with van der Waals surface area (Å²) in [5.74, 6) is 2.33. The molecule has 1 fully saturated rings. The lowest BCUT2D eigenvalue weighted by molar-refractivity contribution is 0.0786. The summed E-state index contributed by atoms with van der Waals surface area (Å²) >= 11 is 0. The molecule has 0 spiro atoms. The minimum absolute atomic E-state index is 0.0599. The molecule has 0 radical (unpaired) electrons. The van der Waals surface area contributed by atoms with Crippen LogP contribution in [0, 0.1) is 11.8 Å². The number of amides is 1. The highest BCUT2D eigenvalue weighted by molar-refractivity contribution is 5.93. The third-order valence-electron chi connectivity index (χ3n) is 3.50. The van der Waals surface area contributed by atoms with Crippen molar-refractivity contribution < 1.29 is 4.79 Å². The van der Waals surface area contributed by atoms with Gasteiger partial charge in [-0.25, -0.2) is 4.98 Å². The monoisotopic (exact) mass is 247 g/mol. The van der Waals surface area contributed by atoms with E-state index in [9.17, 15) is 4.79 Å². The number of hydrogen-bond acceptors (Lipinski definition) is 3. The topological polar surface area (TPSA) is 45.2 Å². The summed E-state index contributed by atoms with van der Waals surface area (Å²) in [6.45, 7) is 5.94. The van der Waals surface area contributed by atoms with Crippen LogP contribution in [-0.2, 0) is 0 Å². The molecule has 1 amide bonds. The largest absolute Gasteiger partial charge is 0.370 e. The number of rotatable bonds is 5. The van der Waals surface area contributed by atoms with Crippen molar-refractivity contribution in [2.24, 2.45) is 11.8 Å². The van der Waals surface area contributed by atoms with Crippen LogP contribution in [0.25, 0.3) is 0 Å². The van der Waals surface area contributed by atoms with Gasteiger partial charge in [0.15, 0.2) is 0 Å². The molecular formula is C14H21N3O. The third-order valence-corrected chi connectivity index (χ3v) is 3.50. The quantitative estimate of drug-likeness (QED) is 0.868. The number of pyridine rings is 1. The number of aromatic nitrogens is 1. The molecule has 1 aliphatic rings. The first-order valence-electron chi connectivity index (χ1n) is 6.57. The van der Waals surface area contributed by atoms with Crippen molar-refractivity contribution >= 4 is 11.7 Å². The van der Waals surface area contributed by atoms with Crippen molar-refractivity contribution in [3.05, 3.63) is 23.9 Å². The number of nitrogens with zero attached hydrogens (tertiary/aromatic N) is 2. The minimum Gasteiger partial charge on any atom is -0.370 e. The maximum absolute atomic E-state index is 12.1. The second-order valence-electron chi connectivity index (χ2n) is 5.12. The van der Waals surface area contributed by atoms with Crippen LogP contribution in [0.2, 0.25) is 0 Å². The standard InChI is InChI=1S/C14H21N3O/c1-4-15-13-6-5-11(8-16-13)14(18)17(3)9-12-7-10(12)2/h5-6,8,10,12H,4,7,9H2,1-3H3,(H,15,16). The van der Waals surface area contributed by atoms with Crippen LogP contribution in [0.3, 0.4) is 0 Å². The molecular weight excluding hydrogens is 226 g/mol. The van der Waals surface area contributed by atoms with Gasteiger partial charge in [0, 0.05) is 26.3 Å². The number of nitrogens with one attached hydrogen (secondary N) is 1. The third kappa shape index (κ3) is 3.00. The van der Waals surface area contributed by atoms with Crippen LogP contribution in [-0.4, -0.2) is 35.9 Å². The van der Waals surface area contributed by atoms with E-state index in [2.05, 4.69) is 17.2 Å². The Morgan fingerprint density at radius 3 is 2.78 bits per heavy atom. The van der Waals surface area contributed by atoms with Gasteiger partial charge in [0.1, 0.15) is 5.82 Å². The number of carbonyl (C=O) groups is 1.